The van der Waals surface area contributed by atoms with Crippen molar-refractivity contribution in [2.24, 2.45) is 0 Å². The van der Waals surface area contributed by atoms with Crippen LogP contribution < -0.4 is 10.2 Å². The zero-order valence-electron chi connectivity index (χ0n) is 17.5. The Kier molecular flexibility index (Phi) is 5.30. The van der Waals surface area contributed by atoms with Gasteiger partial charge in [-0.05, 0) is 18.6 Å². The fourth-order valence-corrected chi connectivity index (χ4v) is 4.71. The molecule has 10 heteroatoms. The number of benzene rings is 1. The molecular weight excluding hydrogens is 415 g/mol. The first-order chi connectivity index (χ1) is 15.5. The number of carbonyl (C=O) groups excluding carboxylic acids is 3. The summed E-state index contributed by atoms with van der Waals surface area (Å²) >= 11 is 0. The van der Waals surface area contributed by atoms with Gasteiger partial charge in [-0.2, -0.15) is 0 Å². The average Bonchev–Trinajstić information content (AvgIpc) is 3.11. The monoisotopic (exact) mass is 438 g/mol. The lowest BCUT2D eigenvalue weighted by Gasteiger charge is -2.37. The number of halogens is 1. The van der Waals surface area contributed by atoms with Crippen LogP contribution in [-0.2, 0) is 22.7 Å². The molecule has 3 amide bonds. The first-order valence-corrected chi connectivity index (χ1v) is 10.7. The Morgan fingerprint density at radius 3 is 2.53 bits per heavy atom. The number of aromatic nitrogens is 2. The zero-order valence-corrected chi connectivity index (χ0v) is 17.5. The Balaban J connectivity index is 1.32. The van der Waals surface area contributed by atoms with Crippen LogP contribution >= 0.6 is 0 Å². The van der Waals surface area contributed by atoms with Crippen LogP contribution in [0.5, 0.6) is 0 Å². The number of rotatable bonds is 4. The van der Waals surface area contributed by atoms with Crippen LogP contribution in [0.25, 0.3) is 0 Å². The number of fused-ring (bicyclic) bond motifs is 1. The van der Waals surface area contributed by atoms with Gasteiger partial charge >= 0.3 is 0 Å². The molecule has 5 rings (SSSR count). The lowest BCUT2D eigenvalue weighted by atomic mass is 10.0. The Bertz CT molecular complexity index is 1070. The molecule has 1 aromatic heterocycles. The molecule has 0 spiro atoms. The number of anilines is 1. The maximum atomic E-state index is 14.5. The number of carbonyl (C=O) groups is 3. The van der Waals surface area contributed by atoms with Crippen molar-refractivity contribution in [2.45, 2.75) is 32.0 Å². The van der Waals surface area contributed by atoms with Crippen molar-refractivity contribution in [2.75, 3.05) is 31.1 Å². The topological polar surface area (TPSA) is 98.7 Å². The molecule has 0 radical (unpaired) electrons. The van der Waals surface area contributed by atoms with Gasteiger partial charge in [0.25, 0.3) is 5.91 Å². The number of hydrogen-bond donors (Lipinski definition) is 1. The third kappa shape index (κ3) is 3.81. The molecule has 1 unspecified atom stereocenters. The Hall–Kier alpha value is -3.40. The van der Waals surface area contributed by atoms with Crippen molar-refractivity contribution >= 4 is 23.4 Å². The summed E-state index contributed by atoms with van der Waals surface area (Å²) in [5.74, 6) is -1.64. The highest BCUT2D eigenvalue weighted by Gasteiger charge is 2.41. The molecule has 166 valence electrons. The number of piperazine rings is 1. The highest BCUT2D eigenvalue weighted by molar-refractivity contribution is 6.06. The van der Waals surface area contributed by atoms with E-state index in [1.165, 1.54) is 23.4 Å². The van der Waals surface area contributed by atoms with E-state index in [9.17, 15) is 18.8 Å². The summed E-state index contributed by atoms with van der Waals surface area (Å²) in [7, 11) is 0. The van der Waals surface area contributed by atoms with Crippen LogP contribution in [0.15, 0.2) is 30.9 Å². The summed E-state index contributed by atoms with van der Waals surface area (Å²) in [6.07, 6.45) is 5.57. The fraction of sp³-hybridized carbons (Fsp3) is 0.409. The minimum absolute atomic E-state index is 0.187. The SMILES string of the molecule is O=C1CCC(N2Cc3c(cc(F)cc3N3CCN(Cc4cncnc4)CC3)C2=O)C(=O)N1. The molecule has 32 heavy (non-hydrogen) atoms. The number of hydrogen-bond acceptors (Lipinski definition) is 7. The second-order valence-electron chi connectivity index (χ2n) is 8.36. The molecule has 1 aromatic carbocycles. The molecule has 1 N–H and O–H groups in total. The molecule has 3 aliphatic rings. The van der Waals surface area contributed by atoms with E-state index < -0.39 is 17.8 Å². The van der Waals surface area contributed by atoms with E-state index in [0.717, 1.165) is 30.8 Å². The minimum atomic E-state index is -0.714. The van der Waals surface area contributed by atoms with Gasteiger partial charge in [0.1, 0.15) is 18.2 Å². The van der Waals surface area contributed by atoms with E-state index in [2.05, 4.69) is 25.1 Å². The molecule has 0 bridgehead atoms. The third-order valence-corrected chi connectivity index (χ3v) is 6.33. The van der Waals surface area contributed by atoms with E-state index in [1.807, 2.05) is 0 Å². The van der Waals surface area contributed by atoms with Crippen molar-refractivity contribution in [1.29, 1.82) is 0 Å². The third-order valence-electron chi connectivity index (χ3n) is 6.33. The van der Waals surface area contributed by atoms with Crippen LogP contribution in [0.3, 0.4) is 0 Å². The van der Waals surface area contributed by atoms with Crippen molar-refractivity contribution in [1.82, 2.24) is 25.1 Å². The maximum absolute atomic E-state index is 14.5. The predicted octanol–water partition coefficient (Wildman–Crippen LogP) is 0.699. The Morgan fingerprint density at radius 1 is 1.06 bits per heavy atom. The Labute approximate surface area is 184 Å². The van der Waals surface area contributed by atoms with Gasteiger partial charge in [-0.1, -0.05) is 0 Å². The fourth-order valence-electron chi connectivity index (χ4n) is 4.71. The van der Waals surface area contributed by atoms with E-state index in [4.69, 9.17) is 0 Å². The molecule has 2 fully saturated rings. The quantitative estimate of drug-likeness (QED) is 0.702. The summed E-state index contributed by atoms with van der Waals surface area (Å²) in [4.78, 5) is 50.7. The molecule has 2 aromatic rings. The normalized spacial score (nSPS) is 21.7. The summed E-state index contributed by atoms with van der Waals surface area (Å²) in [5, 5.41) is 2.30. The number of amides is 3. The maximum Gasteiger partial charge on any atom is 0.255 e. The van der Waals surface area contributed by atoms with Crippen LogP contribution in [0, 0.1) is 5.82 Å². The van der Waals surface area contributed by atoms with Crippen molar-refractivity contribution in [3.05, 3.63) is 53.4 Å². The van der Waals surface area contributed by atoms with Crippen molar-refractivity contribution in [3.63, 3.8) is 0 Å². The summed E-state index contributed by atoms with van der Waals surface area (Å²) in [6, 6.07) is 2.01. The van der Waals surface area contributed by atoms with Crippen LogP contribution in [0.4, 0.5) is 10.1 Å². The van der Waals surface area contributed by atoms with E-state index in [0.29, 0.717) is 24.3 Å². The minimum Gasteiger partial charge on any atom is -0.369 e. The van der Waals surface area contributed by atoms with Crippen molar-refractivity contribution < 1.29 is 18.8 Å². The lowest BCUT2D eigenvalue weighted by molar-refractivity contribution is -0.136. The number of imide groups is 1. The number of piperidine rings is 1. The summed E-state index contributed by atoms with van der Waals surface area (Å²) in [6.45, 7) is 3.93. The van der Waals surface area contributed by atoms with Gasteiger partial charge < -0.3 is 9.80 Å². The van der Waals surface area contributed by atoms with E-state index >= 15 is 0 Å². The number of nitrogens with zero attached hydrogens (tertiary/aromatic N) is 5. The van der Waals surface area contributed by atoms with Crippen LogP contribution in [0.1, 0.15) is 34.3 Å². The first kappa shape index (κ1) is 20.5. The molecule has 9 nitrogen and oxygen atoms in total. The molecule has 1 atom stereocenters. The lowest BCUT2D eigenvalue weighted by Crippen LogP contribution is -2.52. The Morgan fingerprint density at radius 2 is 1.81 bits per heavy atom. The smallest absolute Gasteiger partial charge is 0.255 e. The second-order valence-corrected chi connectivity index (χ2v) is 8.36. The highest BCUT2D eigenvalue weighted by Crippen LogP contribution is 2.35. The van der Waals surface area contributed by atoms with Crippen LogP contribution in [-0.4, -0.2) is 69.7 Å². The summed E-state index contributed by atoms with van der Waals surface area (Å²) in [5.41, 5.74) is 2.78. The molecule has 3 aliphatic heterocycles. The van der Waals surface area contributed by atoms with Gasteiger partial charge in [0, 0.05) is 80.5 Å². The van der Waals surface area contributed by atoms with Gasteiger partial charge in [0.15, 0.2) is 0 Å². The zero-order chi connectivity index (χ0) is 22.2. The largest absolute Gasteiger partial charge is 0.369 e. The van der Waals surface area contributed by atoms with Crippen molar-refractivity contribution in [3.8, 4) is 0 Å². The molecule has 4 heterocycles. The van der Waals surface area contributed by atoms with Gasteiger partial charge in [0.2, 0.25) is 11.8 Å². The molecule has 0 saturated carbocycles. The molecule has 0 aliphatic carbocycles. The molecule has 2 saturated heterocycles. The van der Waals surface area contributed by atoms with Gasteiger partial charge in [-0.15, -0.1) is 0 Å². The standard InChI is InChI=1S/C22H23FN6O3/c23-15-7-16-17(12-29(22(16)32)18-1-2-20(30)26-21(18)31)19(8-15)28-5-3-27(4-6-28)11-14-9-24-13-25-10-14/h7-10,13,18H,1-6,11-12H2,(H,26,30,31). The predicted molar refractivity (Wildman–Crippen MR) is 112 cm³/mol. The average molecular weight is 438 g/mol. The van der Waals surface area contributed by atoms with Gasteiger partial charge in [0.05, 0.1) is 0 Å². The van der Waals surface area contributed by atoms with E-state index in [1.54, 1.807) is 12.4 Å². The van der Waals surface area contributed by atoms with E-state index in [-0.39, 0.29) is 31.2 Å². The summed E-state index contributed by atoms with van der Waals surface area (Å²) < 4.78 is 14.5. The van der Waals surface area contributed by atoms with Gasteiger partial charge in [-0.3, -0.25) is 24.6 Å². The first-order valence-electron chi connectivity index (χ1n) is 10.7. The highest BCUT2D eigenvalue weighted by atomic mass is 19.1. The number of nitrogens with one attached hydrogen (secondary N) is 1. The van der Waals surface area contributed by atoms with Gasteiger partial charge in [-0.25, -0.2) is 14.4 Å². The van der Waals surface area contributed by atoms with Crippen LogP contribution in [0.2, 0.25) is 0 Å². The molecular formula is C22H23FN6O3. The second kappa shape index (κ2) is 8.27.